The second-order valence-electron chi connectivity index (χ2n) is 10.0. The topological polar surface area (TPSA) is 40.5 Å². The lowest BCUT2D eigenvalue weighted by molar-refractivity contribution is 0.461. The molecule has 0 saturated carbocycles. The summed E-state index contributed by atoms with van der Waals surface area (Å²) in [5.41, 5.74) is 11.9. The second-order valence-corrected chi connectivity index (χ2v) is 10.0. The van der Waals surface area contributed by atoms with Crippen LogP contribution in [0.2, 0.25) is 0 Å². The van der Waals surface area contributed by atoms with Crippen molar-refractivity contribution in [2.45, 2.75) is 58.8 Å². The fourth-order valence-corrected chi connectivity index (χ4v) is 5.44. The molecule has 2 heteroatoms. The molecule has 0 amide bonds. The number of benzene rings is 4. The number of phenols is 2. The fraction of sp³-hybridized carbons (Fsp3) is 0.273. The van der Waals surface area contributed by atoms with Crippen molar-refractivity contribution in [3.8, 4) is 44.9 Å². The predicted octanol–water partition coefficient (Wildman–Crippen LogP) is 9.03. The Morgan fingerprint density at radius 1 is 0.657 bits per heavy atom. The molecule has 4 aromatic carbocycles. The summed E-state index contributed by atoms with van der Waals surface area (Å²) in [5, 5.41) is 21.2. The highest BCUT2D eigenvalue weighted by Gasteiger charge is 2.25. The van der Waals surface area contributed by atoms with Crippen LogP contribution in [0.15, 0.2) is 72.8 Å². The van der Waals surface area contributed by atoms with Crippen LogP contribution >= 0.6 is 0 Å². The van der Waals surface area contributed by atoms with Crippen molar-refractivity contribution in [2.24, 2.45) is 0 Å². The van der Waals surface area contributed by atoms with Crippen molar-refractivity contribution in [1.29, 1.82) is 0 Å². The highest BCUT2D eigenvalue weighted by atomic mass is 16.3. The zero-order valence-electron chi connectivity index (χ0n) is 21.1. The molecule has 5 rings (SSSR count). The van der Waals surface area contributed by atoms with Crippen molar-refractivity contribution in [3.63, 3.8) is 0 Å². The van der Waals surface area contributed by atoms with Crippen molar-refractivity contribution in [2.75, 3.05) is 0 Å². The molecule has 0 saturated heterocycles. The Bertz CT molecular complexity index is 1400. The minimum absolute atomic E-state index is 0.276. The Morgan fingerprint density at radius 3 is 1.89 bits per heavy atom. The number of phenolic OH excluding ortho intramolecular Hbond substituents is 2. The molecule has 0 bridgehead atoms. The normalized spacial score (nSPS) is 13.8. The van der Waals surface area contributed by atoms with Gasteiger partial charge in [-0.15, -0.1) is 0 Å². The van der Waals surface area contributed by atoms with E-state index < -0.39 is 0 Å². The first-order chi connectivity index (χ1) is 16.9. The Hall–Kier alpha value is -3.52. The van der Waals surface area contributed by atoms with Crippen molar-refractivity contribution in [1.82, 2.24) is 0 Å². The third-order valence-electron chi connectivity index (χ3n) is 7.93. The summed E-state index contributed by atoms with van der Waals surface area (Å²) < 4.78 is 0. The first kappa shape index (κ1) is 23.2. The SMILES string of the molecule is CCC(C)c1cc(-c2ccc3c(c2-c2ccc(O)c(C(C)CC)c2)Cc2ccccc2-3)ccc1O. The first-order valence-corrected chi connectivity index (χ1v) is 12.8. The van der Waals surface area contributed by atoms with Gasteiger partial charge in [0.1, 0.15) is 11.5 Å². The number of hydrogen-bond acceptors (Lipinski definition) is 2. The van der Waals surface area contributed by atoms with Crippen LogP contribution in [0.3, 0.4) is 0 Å². The van der Waals surface area contributed by atoms with Crippen molar-refractivity contribution >= 4 is 0 Å². The molecular formula is C33H34O2. The van der Waals surface area contributed by atoms with E-state index in [1.165, 1.54) is 33.4 Å². The molecule has 0 spiro atoms. The zero-order valence-corrected chi connectivity index (χ0v) is 21.1. The van der Waals surface area contributed by atoms with Gasteiger partial charge >= 0.3 is 0 Å². The highest BCUT2D eigenvalue weighted by molar-refractivity contribution is 5.94. The fourth-order valence-electron chi connectivity index (χ4n) is 5.44. The zero-order chi connectivity index (χ0) is 24.7. The van der Waals surface area contributed by atoms with Gasteiger partial charge in [-0.2, -0.15) is 0 Å². The molecule has 0 fully saturated rings. The average Bonchev–Trinajstić information content (AvgIpc) is 3.26. The van der Waals surface area contributed by atoms with E-state index in [2.05, 4.69) is 82.3 Å². The summed E-state index contributed by atoms with van der Waals surface area (Å²) in [6, 6.07) is 25.3. The lowest BCUT2D eigenvalue weighted by atomic mass is 9.85. The van der Waals surface area contributed by atoms with Gasteiger partial charge in [0.05, 0.1) is 0 Å². The van der Waals surface area contributed by atoms with Crippen LogP contribution in [-0.4, -0.2) is 10.2 Å². The van der Waals surface area contributed by atoms with Gasteiger partial charge < -0.3 is 10.2 Å². The van der Waals surface area contributed by atoms with E-state index in [9.17, 15) is 10.2 Å². The van der Waals surface area contributed by atoms with Crippen LogP contribution in [-0.2, 0) is 6.42 Å². The molecule has 2 unspecified atom stereocenters. The van der Waals surface area contributed by atoms with E-state index in [4.69, 9.17) is 0 Å². The van der Waals surface area contributed by atoms with Crippen LogP contribution in [0.25, 0.3) is 33.4 Å². The summed E-state index contributed by atoms with van der Waals surface area (Å²) in [6.07, 6.45) is 2.84. The van der Waals surface area contributed by atoms with Gasteiger partial charge in [0.15, 0.2) is 0 Å². The summed E-state index contributed by atoms with van der Waals surface area (Å²) in [6.45, 7) is 8.65. The lowest BCUT2D eigenvalue weighted by Crippen LogP contribution is -1.98. The van der Waals surface area contributed by atoms with E-state index in [1.807, 2.05) is 18.2 Å². The third-order valence-corrected chi connectivity index (χ3v) is 7.93. The van der Waals surface area contributed by atoms with Gasteiger partial charge in [-0.3, -0.25) is 0 Å². The van der Waals surface area contributed by atoms with Crippen molar-refractivity contribution < 1.29 is 10.2 Å². The van der Waals surface area contributed by atoms with Gasteiger partial charge in [-0.05, 0) is 111 Å². The summed E-state index contributed by atoms with van der Waals surface area (Å²) in [7, 11) is 0. The largest absolute Gasteiger partial charge is 0.508 e. The van der Waals surface area contributed by atoms with Gasteiger partial charge in [0, 0.05) is 0 Å². The Balaban J connectivity index is 1.77. The number of hydrogen-bond donors (Lipinski definition) is 2. The molecule has 2 N–H and O–H groups in total. The molecular weight excluding hydrogens is 428 g/mol. The summed E-state index contributed by atoms with van der Waals surface area (Å²) in [5.74, 6) is 1.28. The molecule has 2 atom stereocenters. The number of aromatic hydroxyl groups is 2. The molecule has 1 aliphatic rings. The standard InChI is InChI=1S/C33H34O2/c1-5-20(3)28-17-23(11-15-31(28)34)26-13-14-27-25-10-8-7-9-22(25)18-30(27)33(26)24-12-16-32(35)29(19-24)21(4)6-2/h7-17,19-21,34-35H,5-6,18H2,1-4H3. The van der Waals surface area contributed by atoms with Gasteiger partial charge in [-0.25, -0.2) is 0 Å². The van der Waals surface area contributed by atoms with E-state index in [-0.39, 0.29) is 11.8 Å². The molecule has 0 heterocycles. The maximum absolute atomic E-state index is 10.6. The molecule has 0 radical (unpaired) electrons. The highest BCUT2D eigenvalue weighted by Crippen LogP contribution is 2.47. The van der Waals surface area contributed by atoms with E-state index in [0.717, 1.165) is 41.5 Å². The Morgan fingerprint density at radius 2 is 1.23 bits per heavy atom. The predicted molar refractivity (Wildman–Crippen MR) is 146 cm³/mol. The summed E-state index contributed by atoms with van der Waals surface area (Å²) >= 11 is 0. The maximum Gasteiger partial charge on any atom is 0.119 e. The van der Waals surface area contributed by atoms with Gasteiger partial charge in [0.2, 0.25) is 0 Å². The quantitative estimate of drug-likeness (QED) is 0.264. The van der Waals surface area contributed by atoms with E-state index >= 15 is 0 Å². The van der Waals surface area contributed by atoms with Crippen LogP contribution in [0.5, 0.6) is 11.5 Å². The Kier molecular flexibility index (Phi) is 6.15. The van der Waals surface area contributed by atoms with Crippen molar-refractivity contribution in [3.05, 3.63) is 95.1 Å². The monoisotopic (exact) mass is 462 g/mol. The molecule has 1 aliphatic carbocycles. The number of rotatable bonds is 6. The number of fused-ring (bicyclic) bond motifs is 3. The molecule has 0 aliphatic heterocycles. The smallest absolute Gasteiger partial charge is 0.119 e. The Labute approximate surface area is 208 Å². The molecule has 178 valence electrons. The van der Waals surface area contributed by atoms with Crippen LogP contribution in [0, 0.1) is 0 Å². The third kappa shape index (κ3) is 4.01. The van der Waals surface area contributed by atoms with E-state index in [1.54, 1.807) is 0 Å². The van der Waals surface area contributed by atoms with Crippen LogP contribution in [0.1, 0.15) is 74.6 Å². The minimum Gasteiger partial charge on any atom is -0.508 e. The molecule has 4 aromatic rings. The maximum atomic E-state index is 10.6. The average molecular weight is 463 g/mol. The summed E-state index contributed by atoms with van der Waals surface area (Å²) in [4.78, 5) is 0. The van der Waals surface area contributed by atoms with Crippen LogP contribution in [0.4, 0.5) is 0 Å². The first-order valence-electron chi connectivity index (χ1n) is 12.8. The van der Waals surface area contributed by atoms with Gasteiger partial charge in [0.25, 0.3) is 0 Å². The van der Waals surface area contributed by atoms with Gasteiger partial charge in [-0.1, -0.05) is 76.2 Å². The molecule has 35 heavy (non-hydrogen) atoms. The van der Waals surface area contributed by atoms with E-state index in [0.29, 0.717) is 11.5 Å². The molecule has 2 nitrogen and oxygen atoms in total. The second kappa shape index (κ2) is 9.26. The molecule has 0 aromatic heterocycles. The minimum atomic E-state index is 0.276. The van der Waals surface area contributed by atoms with Crippen LogP contribution < -0.4 is 0 Å². The lowest BCUT2D eigenvalue weighted by Gasteiger charge is -2.20.